The van der Waals surface area contributed by atoms with Crippen molar-refractivity contribution in [3.05, 3.63) is 29.3 Å². The lowest BCUT2D eigenvalue weighted by atomic mass is 10.1. The number of hydrogen-bond donors (Lipinski definition) is 1. The van der Waals surface area contributed by atoms with Gasteiger partial charge in [0.2, 0.25) is 5.91 Å². The summed E-state index contributed by atoms with van der Waals surface area (Å²) in [6, 6.07) is 6.26. The van der Waals surface area contributed by atoms with Crippen LogP contribution in [0.25, 0.3) is 0 Å². The number of rotatable bonds is 4. The number of aryl methyl sites for hydroxylation is 2. The zero-order chi connectivity index (χ0) is 16.3. The standard InChI is InChI=1S/C17H26N2O2S/c1-5-15-8-6-7-12(2)17(15)18-16(20)11-19-9-10-22(21)14(4)13(19)3/h6-8,13-14H,5,9-11H2,1-4H3,(H,18,20). The van der Waals surface area contributed by atoms with Crippen LogP contribution in [0.5, 0.6) is 0 Å². The average molecular weight is 322 g/mol. The monoisotopic (exact) mass is 322 g/mol. The largest absolute Gasteiger partial charge is 0.324 e. The number of nitrogens with one attached hydrogen (secondary N) is 1. The quantitative estimate of drug-likeness (QED) is 0.925. The molecule has 5 heteroatoms. The molecule has 0 bridgehead atoms. The molecular formula is C17H26N2O2S. The molecule has 2 rings (SSSR count). The number of carbonyl (C=O) groups excluding carboxylic acids is 1. The second-order valence-electron chi connectivity index (χ2n) is 6.01. The third kappa shape index (κ3) is 3.76. The van der Waals surface area contributed by atoms with Gasteiger partial charge in [-0.15, -0.1) is 0 Å². The maximum Gasteiger partial charge on any atom is 0.238 e. The van der Waals surface area contributed by atoms with Crippen LogP contribution in [0, 0.1) is 6.92 Å². The van der Waals surface area contributed by atoms with Gasteiger partial charge in [0.25, 0.3) is 0 Å². The van der Waals surface area contributed by atoms with Crippen molar-refractivity contribution in [2.75, 3.05) is 24.2 Å². The van der Waals surface area contributed by atoms with Gasteiger partial charge in [-0.25, -0.2) is 0 Å². The molecule has 1 aromatic rings. The Labute approximate surface area is 135 Å². The van der Waals surface area contributed by atoms with E-state index in [1.54, 1.807) is 0 Å². The van der Waals surface area contributed by atoms with Crippen LogP contribution in [-0.4, -0.2) is 45.2 Å². The molecule has 0 saturated carbocycles. The molecule has 1 heterocycles. The Kier molecular flexibility index (Phi) is 5.75. The summed E-state index contributed by atoms with van der Waals surface area (Å²) in [5, 5.41) is 3.18. The SMILES string of the molecule is CCc1cccc(C)c1NC(=O)CN1CCS(=O)C(C)C1C. The lowest BCUT2D eigenvalue weighted by molar-refractivity contribution is -0.117. The molecule has 0 aromatic heterocycles. The molecule has 1 aliphatic rings. The summed E-state index contributed by atoms with van der Waals surface area (Å²) in [6.07, 6.45) is 0.896. The zero-order valence-corrected chi connectivity index (χ0v) is 14.7. The van der Waals surface area contributed by atoms with E-state index < -0.39 is 10.8 Å². The van der Waals surface area contributed by atoms with Crippen LogP contribution in [0.3, 0.4) is 0 Å². The predicted octanol–water partition coefficient (Wildman–Crippen LogP) is 2.34. The van der Waals surface area contributed by atoms with Gasteiger partial charge in [-0.05, 0) is 38.3 Å². The van der Waals surface area contributed by atoms with Crippen molar-refractivity contribution in [1.82, 2.24) is 4.90 Å². The Morgan fingerprint density at radius 1 is 1.41 bits per heavy atom. The van der Waals surface area contributed by atoms with Crippen LogP contribution < -0.4 is 5.32 Å². The summed E-state index contributed by atoms with van der Waals surface area (Å²) in [5.41, 5.74) is 3.19. The third-order valence-electron chi connectivity index (χ3n) is 4.60. The Hall–Kier alpha value is -1.20. The number of anilines is 1. The molecule has 3 unspecified atom stereocenters. The van der Waals surface area contributed by atoms with Crippen LogP contribution in [-0.2, 0) is 22.0 Å². The first-order valence-corrected chi connectivity index (χ1v) is 9.31. The van der Waals surface area contributed by atoms with Crippen LogP contribution >= 0.6 is 0 Å². The van der Waals surface area contributed by atoms with Crippen molar-refractivity contribution >= 4 is 22.4 Å². The van der Waals surface area contributed by atoms with Crippen LogP contribution in [0.1, 0.15) is 31.9 Å². The van der Waals surface area contributed by atoms with Crippen molar-refractivity contribution in [1.29, 1.82) is 0 Å². The molecule has 122 valence electrons. The third-order valence-corrected chi connectivity index (χ3v) is 6.41. The molecule has 0 spiro atoms. The van der Waals surface area contributed by atoms with Crippen molar-refractivity contribution in [2.45, 2.75) is 45.4 Å². The Bertz CT molecular complexity index is 574. The van der Waals surface area contributed by atoms with Crippen molar-refractivity contribution in [3.8, 4) is 0 Å². The van der Waals surface area contributed by atoms with E-state index in [9.17, 15) is 9.00 Å². The predicted molar refractivity (Wildman–Crippen MR) is 92.7 cm³/mol. The minimum atomic E-state index is -0.771. The summed E-state index contributed by atoms with van der Waals surface area (Å²) in [4.78, 5) is 14.5. The van der Waals surface area contributed by atoms with Crippen LogP contribution in [0.4, 0.5) is 5.69 Å². The second kappa shape index (κ2) is 7.38. The Morgan fingerprint density at radius 3 is 2.82 bits per heavy atom. The van der Waals surface area contributed by atoms with Gasteiger partial charge in [0.05, 0.1) is 6.54 Å². The fourth-order valence-electron chi connectivity index (χ4n) is 2.90. The molecule has 1 fully saturated rings. The van der Waals surface area contributed by atoms with E-state index in [-0.39, 0.29) is 17.2 Å². The lowest BCUT2D eigenvalue weighted by Gasteiger charge is -2.36. The first kappa shape index (κ1) is 17.2. The first-order valence-electron chi connectivity index (χ1n) is 7.93. The molecule has 0 radical (unpaired) electrons. The van der Waals surface area contributed by atoms with Crippen molar-refractivity contribution in [3.63, 3.8) is 0 Å². The minimum Gasteiger partial charge on any atom is -0.324 e. The fraction of sp³-hybridized carbons (Fsp3) is 0.588. The zero-order valence-electron chi connectivity index (χ0n) is 13.9. The molecule has 4 nitrogen and oxygen atoms in total. The smallest absolute Gasteiger partial charge is 0.238 e. The average Bonchev–Trinajstić information content (AvgIpc) is 2.50. The number of carbonyl (C=O) groups is 1. The molecular weight excluding hydrogens is 296 g/mol. The summed E-state index contributed by atoms with van der Waals surface area (Å²) in [6.45, 7) is 9.25. The highest BCUT2D eigenvalue weighted by molar-refractivity contribution is 7.85. The van der Waals surface area contributed by atoms with Crippen LogP contribution in [0.15, 0.2) is 18.2 Å². The van der Waals surface area contributed by atoms with E-state index in [2.05, 4.69) is 30.1 Å². The molecule has 1 amide bonds. The highest BCUT2D eigenvalue weighted by Gasteiger charge is 2.30. The molecule has 1 N–H and O–H groups in total. The lowest BCUT2D eigenvalue weighted by Crippen LogP contribution is -2.52. The highest BCUT2D eigenvalue weighted by Crippen LogP contribution is 2.21. The van der Waals surface area contributed by atoms with Gasteiger partial charge >= 0.3 is 0 Å². The maximum absolute atomic E-state index is 12.4. The number of amides is 1. The fourth-order valence-corrected chi connectivity index (χ4v) is 4.30. The maximum atomic E-state index is 12.4. The molecule has 1 saturated heterocycles. The topological polar surface area (TPSA) is 49.4 Å². The Morgan fingerprint density at radius 2 is 2.14 bits per heavy atom. The van der Waals surface area contributed by atoms with Gasteiger partial charge in [0.1, 0.15) is 0 Å². The molecule has 1 aliphatic heterocycles. The van der Waals surface area contributed by atoms with E-state index in [4.69, 9.17) is 0 Å². The van der Waals surface area contributed by atoms with Crippen LogP contribution in [0.2, 0.25) is 0 Å². The van der Waals surface area contributed by atoms with E-state index in [0.717, 1.165) is 29.8 Å². The van der Waals surface area contributed by atoms with Gasteiger partial charge in [-0.2, -0.15) is 0 Å². The molecule has 3 atom stereocenters. The number of nitrogens with zero attached hydrogens (tertiary/aromatic N) is 1. The van der Waals surface area contributed by atoms with E-state index in [1.807, 2.05) is 26.0 Å². The summed E-state index contributed by atoms with van der Waals surface area (Å²) in [5.74, 6) is 0.666. The minimum absolute atomic E-state index is 0.00994. The summed E-state index contributed by atoms with van der Waals surface area (Å²) < 4.78 is 11.8. The summed E-state index contributed by atoms with van der Waals surface area (Å²) >= 11 is 0. The number of para-hydroxylation sites is 1. The van der Waals surface area contributed by atoms with E-state index in [0.29, 0.717) is 12.3 Å². The highest BCUT2D eigenvalue weighted by atomic mass is 32.2. The molecule has 1 aromatic carbocycles. The number of benzene rings is 1. The van der Waals surface area contributed by atoms with Gasteiger partial charge in [-0.1, -0.05) is 25.1 Å². The van der Waals surface area contributed by atoms with Gasteiger partial charge in [0, 0.05) is 40.1 Å². The molecule has 22 heavy (non-hydrogen) atoms. The number of hydrogen-bond acceptors (Lipinski definition) is 3. The second-order valence-corrected chi connectivity index (χ2v) is 7.93. The van der Waals surface area contributed by atoms with Crippen molar-refractivity contribution < 1.29 is 9.00 Å². The van der Waals surface area contributed by atoms with E-state index in [1.165, 1.54) is 0 Å². The van der Waals surface area contributed by atoms with E-state index >= 15 is 0 Å². The van der Waals surface area contributed by atoms with Gasteiger partial charge < -0.3 is 5.32 Å². The van der Waals surface area contributed by atoms with Crippen molar-refractivity contribution in [2.24, 2.45) is 0 Å². The first-order chi connectivity index (χ1) is 10.4. The normalized spacial score (nSPS) is 25.9. The Balaban J connectivity index is 2.03. The van der Waals surface area contributed by atoms with Gasteiger partial charge in [-0.3, -0.25) is 13.9 Å². The molecule has 0 aliphatic carbocycles. The summed E-state index contributed by atoms with van der Waals surface area (Å²) in [7, 11) is -0.771. The van der Waals surface area contributed by atoms with Gasteiger partial charge in [0.15, 0.2) is 0 Å².